The largest absolute Gasteiger partial charge is 0.416 e. The van der Waals surface area contributed by atoms with E-state index in [2.05, 4.69) is 10.6 Å². The Hall–Kier alpha value is -3.03. The van der Waals surface area contributed by atoms with Crippen molar-refractivity contribution in [3.8, 4) is 0 Å². The third-order valence-electron chi connectivity index (χ3n) is 5.76. The van der Waals surface area contributed by atoms with E-state index in [1.165, 1.54) is 6.07 Å². The van der Waals surface area contributed by atoms with Crippen LogP contribution in [0.25, 0.3) is 0 Å². The molecule has 0 aromatic heterocycles. The van der Waals surface area contributed by atoms with Gasteiger partial charge in [0.05, 0.1) is 16.9 Å². The fourth-order valence-electron chi connectivity index (χ4n) is 4.13. The van der Waals surface area contributed by atoms with Gasteiger partial charge in [-0.1, -0.05) is 0 Å². The average molecular weight is 431 g/mol. The van der Waals surface area contributed by atoms with E-state index in [0.29, 0.717) is 36.2 Å². The lowest BCUT2D eigenvalue weighted by Crippen LogP contribution is -2.30. The molecular formula is C23H24F3N3O2. The van der Waals surface area contributed by atoms with Gasteiger partial charge >= 0.3 is 6.18 Å². The number of nitrogens with one attached hydrogen (secondary N) is 2. The summed E-state index contributed by atoms with van der Waals surface area (Å²) in [6.45, 7) is 1.49. The van der Waals surface area contributed by atoms with Gasteiger partial charge < -0.3 is 15.5 Å². The molecule has 0 aliphatic carbocycles. The molecule has 2 amide bonds. The number of piperidine rings is 1. The molecule has 5 nitrogen and oxygen atoms in total. The van der Waals surface area contributed by atoms with Gasteiger partial charge in [0.15, 0.2) is 0 Å². The molecular weight excluding hydrogens is 407 g/mol. The quantitative estimate of drug-likeness (QED) is 0.700. The molecule has 0 radical (unpaired) electrons. The number of alkyl halides is 3. The van der Waals surface area contributed by atoms with Crippen LogP contribution < -0.4 is 15.5 Å². The van der Waals surface area contributed by atoms with E-state index >= 15 is 0 Å². The van der Waals surface area contributed by atoms with Crippen LogP contribution in [0.4, 0.5) is 30.2 Å². The van der Waals surface area contributed by atoms with Crippen molar-refractivity contribution in [3.63, 3.8) is 0 Å². The van der Waals surface area contributed by atoms with Crippen molar-refractivity contribution >= 4 is 28.9 Å². The normalized spacial score (nSPS) is 16.9. The van der Waals surface area contributed by atoms with Crippen LogP contribution in [0.5, 0.6) is 0 Å². The third-order valence-corrected chi connectivity index (χ3v) is 5.76. The van der Waals surface area contributed by atoms with Crippen LogP contribution >= 0.6 is 0 Å². The summed E-state index contributed by atoms with van der Waals surface area (Å²) in [7, 11) is 0. The van der Waals surface area contributed by atoms with Crippen molar-refractivity contribution in [2.45, 2.75) is 44.7 Å². The molecule has 8 heteroatoms. The predicted octanol–water partition coefficient (Wildman–Crippen LogP) is 5.22. The molecule has 2 aromatic rings. The maximum absolute atomic E-state index is 13.3. The van der Waals surface area contributed by atoms with Crippen molar-refractivity contribution in [1.29, 1.82) is 0 Å². The molecule has 31 heavy (non-hydrogen) atoms. The Kier molecular flexibility index (Phi) is 5.89. The van der Waals surface area contributed by atoms with Gasteiger partial charge in [-0.05, 0) is 74.1 Å². The number of rotatable bonds is 3. The van der Waals surface area contributed by atoms with Crippen molar-refractivity contribution in [3.05, 3.63) is 53.1 Å². The monoisotopic (exact) mass is 431 g/mol. The fraction of sp³-hybridized carbons (Fsp3) is 0.391. The zero-order chi connectivity index (χ0) is 22.0. The zero-order valence-electron chi connectivity index (χ0n) is 17.0. The van der Waals surface area contributed by atoms with Crippen LogP contribution in [-0.4, -0.2) is 24.9 Å². The fourth-order valence-corrected chi connectivity index (χ4v) is 4.13. The summed E-state index contributed by atoms with van der Waals surface area (Å²) in [4.78, 5) is 26.7. The number of fused-ring (bicyclic) bond motifs is 1. The number of anilines is 3. The van der Waals surface area contributed by atoms with Crippen LogP contribution in [0.15, 0.2) is 36.4 Å². The van der Waals surface area contributed by atoms with E-state index in [-0.39, 0.29) is 11.6 Å². The lowest BCUT2D eigenvalue weighted by molar-refractivity contribution is -0.137. The number of halogens is 3. The van der Waals surface area contributed by atoms with E-state index < -0.39 is 17.6 Å². The van der Waals surface area contributed by atoms with Crippen LogP contribution in [0.3, 0.4) is 0 Å². The van der Waals surface area contributed by atoms with E-state index in [0.717, 1.165) is 50.0 Å². The van der Waals surface area contributed by atoms with Crippen molar-refractivity contribution in [2.24, 2.45) is 0 Å². The topological polar surface area (TPSA) is 61.4 Å². The maximum atomic E-state index is 13.3. The van der Waals surface area contributed by atoms with Gasteiger partial charge in [0.25, 0.3) is 5.91 Å². The summed E-state index contributed by atoms with van der Waals surface area (Å²) in [5.74, 6) is -0.540. The molecule has 2 heterocycles. The van der Waals surface area contributed by atoms with Gasteiger partial charge in [-0.25, -0.2) is 0 Å². The van der Waals surface area contributed by atoms with E-state index in [4.69, 9.17) is 0 Å². The molecule has 0 bridgehead atoms. The van der Waals surface area contributed by atoms with Gasteiger partial charge in [0, 0.05) is 30.8 Å². The highest BCUT2D eigenvalue weighted by Crippen LogP contribution is 2.36. The van der Waals surface area contributed by atoms with Gasteiger partial charge in [-0.2, -0.15) is 13.2 Å². The molecule has 1 saturated heterocycles. The first-order valence-electron chi connectivity index (χ1n) is 10.5. The first-order chi connectivity index (χ1) is 14.8. The summed E-state index contributed by atoms with van der Waals surface area (Å²) >= 11 is 0. The lowest BCUT2D eigenvalue weighted by Gasteiger charge is -2.31. The smallest absolute Gasteiger partial charge is 0.370 e. The van der Waals surface area contributed by atoms with E-state index in [1.54, 1.807) is 18.2 Å². The summed E-state index contributed by atoms with van der Waals surface area (Å²) < 4.78 is 39.9. The minimum Gasteiger partial charge on any atom is -0.370 e. The molecule has 2 aliphatic heterocycles. The minimum atomic E-state index is -4.50. The average Bonchev–Trinajstić information content (AvgIpc) is 2.93. The number of carbonyl (C=O) groups is 2. The molecule has 0 saturated carbocycles. The van der Waals surface area contributed by atoms with E-state index in [9.17, 15) is 22.8 Å². The number of hydrogen-bond acceptors (Lipinski definition) is 3. The van der Waals surface area contributed by atoms with Crippen molar-refractivity contribution in [2.75, 3.05) is 28.6 Å². The molecule has 1 fully saturated rings. The number of hydrogen-bond donors (Lipinski definition) is 2. The number of nitrogens with zero attached hydrogens (tertiary/aromatic N) is 1. The Morgan fingerprint density at radius 2 is 1.74 bits per heavy atom. The number of amides is 2. The lowest BCUT2D eigenvalue weighted by atomic mass is 10.0. The van der Waals surface area contributed by atoms with E-state index in [1.807, 2.05) is 4.90 Å². The Labute approximate surface area is 178 Å². The second-order valence-electron chi connectivity index (χ2n) is 8.01. The highest BCUT2D eigenvalue weighted by Gasteiger charge is 2.32. The molecule has 2 N–H and O–H groups in total. The second-order valence-corrected chi connectivity index (χ2v) is 8.01. The summed E-state index contributed by atoms with van der Waals surface area (Å²) in [6, 6.07) is 8.45. The van der Waals surface area contributed by atoms with Crippen molar-refractivity contribution < 1.29 is 22.8 Å². The Bertz CT molecular complexity index is 998. The van der Waals surface area contributed by atoms with Gasteiger partial charge in [-0.15, -0.1) is 0 Å². The summed E-state index contributed by atoms with van der Waals surface area (Å²) in [5, 5.41) is 5.51. The SMILES string of the molecule is O=C1CCCc2cc(C(=O)Nc3cc(C(F)(F)F)ccc3N3CCCCC3)ccc2N1. The predicted molar refractivity (Wildman–Crippen MR) is 113 cm³/mol. The Morgan fingerprint density at radius 3 is 2.48 bits per heavy atom. The molecule has 0 atom stereocenters. The third kappa shape index (κ3) is 4.84. The summed E-state index contributed by atoms with van der Waals surface area (Å²) in [6.07, 6.45) is 0.261. The first-order valence-corrected chi connectivity index (χ1v) is 10.5. The standard InChI is InChI=1S/C23H24F3N3O2/c24-23(25,26)17-8-10-20(29-11-2-1-3-12-29)19(14-17)28-22(31)16-7-9-18-15(13-16)5-4-6-21(30)27-18/h7-10,13-14H,1-6,11-12H2,(H,27,30)(H,28,31). The maximum Gasteiger partial charge on any atom is 0.416 e. The Morgan fingerprint density at radius 1 is 0.968 bits per heavy atom. The van der Waals surface area contributed by atoms with Gasteiger partial charge in [-0.3, -0.25) is 9.59 Å². The second kappa shape index (κ2) is 8.61. The molecule has 164 valence electrons. The van der Waals surface area contributed by atoms with Crippen LogP contribution in [0, 0.1) is 0 Å². The highest BCUT2D eigenvalue weighted by atomic mass is 19.4. The molecule has 2 aliphatic rings. The van der Waals surface area contributed by atoms with Crippen LogP contribution in [0.1, 0.15) is 53.6 Å². The van der Waals surface area contributed by atoms with Crippen LogP contribution in [-0.2, 0) is 17.4 Å². The minimum absolute atomic E-state index is 0.0638. The van der Waals surface area contributed by atoms with Crippen molar-refractivity contribution in [1.82, 2.24) is 0 Å². The molecule has 4 rings (SSSR count). The Balaban J connectivity index is 1.63. The number of aryl methyl sites for hydroxylation is 1. The highest BCUT2D eigenvalue weighted by molar-refractivity contribution is 6.06. The molecule has 0 unspecified atom stereocenters. The van der Waals surface area contributed by atoms with Crippen LogP contribution in [0.2, 0.25) is 0 Å². The zero-order valence-corrected chi connectivity index (χ0v) is 17.0. The summed E-state index contributed by atoms with van der Waals surface area (Å²) in [5.41, 5.74) is 1.82. The molecule has 0 spiro atoms. The number of benzene rings is 2. The van der Waals surface area contributed by atoms with Gasteiger partial charge in [0.2, 0.25) is 5.91 Å². The first kappa shape index (κ1) is 21.2. The number of carbonyl (C=O) groups excluding carboxylic acids is 2. The van der Waals surface area contributed by atoms with Gasteiger partial charge in [0.1, 0.15) is 0 Å². The molecule has 2 aromatic carbocycles.